The summed E-state index contributed by atoms with van der Waals surface area (Å²) in [5, 5.41) is 2.89. The number of hydrogen-bond acceptors (Lipinski definition) is 5. The Balaban J connectivity index is 1.33. The van der Waals surface area contributed by atoms with Crippen LogP contribution in [0.15, 0.2) is 89.8 Å². The molecule has 9 heteroatoms. The molecular formula is C28H29N3O5S. The van der Waals surface area contributed by atoms with Crippen molar-refractivity contribution >= 4 is 27.5 Å². The van der Waals surface area contributed by atoms with Crippen molar-refractivity contribution < 1.29 is 22.7 Å². The van der Waals surface area contributed by atoms with Gasteiger partial charge in [0.15, 0.2) is 6.10 Å². The Morgan fingerprint density at radius 2 is 1.57 bits per heavy atom. The smallest absolute Gasteiger partial charge is 0.263 e. The second-order valence-corrected chi connectivity index (χ2v) is 11.2. The zero-order chi connectivity index (χ0) is 25.8. The summed E-state index contributed by atoms with van der Waals surface area (Å²) in [5.74, 6) is -0.587. The lowest BCUT2D eigenvalue weighted by Gasteiger charge is -2.38. The Bertz CT molecular complexity index is 1360. The summed E-state index contributed by atoms with van der Waals surface area (Å²) in [6, 6.07) is 25.0. The van der Waals surface area contributed by atoms with Crippen LogP contribution < -0.4 is 15.0 Å². The van der Waals surface area contributed by atoms with Crippen LogP contribution in [0.3, 0.4) is 0 Å². The van der Waals surface area contributed by atoms with E-state index < -0.39 is 22.0 Å². The Hall–Kier alpha value is -3.69. The summed E-state index contributed by atoms with van der Waals surface area (Å²) in [5.41, 5.74) is 1.55. The van der Waals surface area contributed by atoms with Gasteiger partial charge in [0.05, 0.1) is 23.0 Å². The molecule has 192 valence electrons. The highest BCUT2D eigenvalue weighted by Crippen LogP contribution is 2.35. The van der Waals surface area contributed by atoms with Crippen molar-refractivity contribution in [2.75, 3.05) is 24.5 Å². The minimum Gasteiger partial charge on any atom is -0.477 e. The first-order chi connectivity index (χ1) is 17.9. The normalized spacial score (nSPS) is 19.9. The standard InChI is InChI=1S/C28H29N3O5S/c32-27(29-18-21-10-3-1-4-11-21)26-20-31(24-15-7-8-16-25(24)36-26)28(33)22-12-9-17-30(19-22)37(34,35)23-13-5-2-6-14-23/h1-8,10-11,13-16,22,26H,9,12,17-20H2,(H,29,32)/t22-,26+/m1/s1. The number of anilines is 1. The number of fused-ring (bicyclic) bond motifs is 1. The second kappa shape index (κ2) is 10.7. The Morgan fingerprint density at radius 3 is 2.32 bits per heavy atom. The molecule has 0 spiro atoms. The first-order valence-electron chi connectivity index (χ1n) is 12.4. The number of amides is 2. The second-order valence-electron chi connectivity index (χ2n) is 9.24. The summed E-state index contributed by atoms with van der Waals surface area (Å²) < 4.78 is 33.7. The number of para-hydroxylation sites is 2. The van der Waals surface area contributed by atoms with Crippen molar-refractivity contribution in [3.63, 3.8) is 0 Å². The molecule has 8 nitrogen and oxygen atoms in total. The van der Waals surface area contributed by atoms with Gasteiger partial charge >= 0.3 is 0 Å². The van der Waals surface area contributed by atoms with Crippen molar-refractivity contribution in [2.45, 2.75) is 30.4 Å². The highest BCUT2D eigenvalue weighted by molar-refractivity contribution is 7.89. The molecule has 1 saturated heterocycles. The third kappa shape index (κ3) is 5.38. The fraction of sp³-hybridized carbons (Fsp3) is 0.286. The van der Waals surface area contributed by atoms with Gasteiger partial charge in [-0.2, -0.15) is 4.31 Å². The topological polar surface area (TPSA) is 96.0 Å². The molecule has 5 rings (SSSR count). The van der Waals surface area contributed by atoms with Gasteiger partial charge in [-0.05, 0) is 42.7 Å². The van der Waals surface area contributed by atoms with Crippen LogP contribution in [0.5, 0.6) is 5.75 Å². The monoisotopic (exact) mass is 519 g/mol. The molecule has 3 aromatic rings. The van der Waals surface area contributed by atoms with E-state index in [0.717, 1.165) is 5.56 Å². The van der Waals surface area contributed by atoms with Crippen LogP contribution in [0.25, 0.3) is 0 Å². The molecule has 2 aliphatic rings. The maximum atomic E-state index is 13.8. The molecule has 3 aromatic carbocycles. The van der Waals surface area contributed by atoms with Crippen molar-refractivity contribution in [3.8, 4) is 5.75 Å². The molecule has 2 amide bonds. The molecule has 37 heavy (non-hydrogen) atoms. The van der Waals surface area contributed by atoms with E-state index in [2.05, 4.69) is 5.32 Å². The number of carbonyl (C=O) groups excluding carboxylic acids is 2. The van der Waals surface area contributed by atoms with E-state index in [0.29, 0.717) is 37.4 Å². The Kier molecular flexibility index (Phi) is 7.25. The predicted octanol–water partition coefficient (Wildman–Crippen LogP) is 3.20. The summed E-state index contributed by atoms with van der Waals surface area (Å²) in [4.78, 5) is 28.6. The molecule has 0 saturated carbocycles. The number of carbonyl (C=O) groups is 2. The average molecular weight is 520 g/mol. The van der Waals surface area contributed by atoms with Gasteiger partial charge in [-0.25, -0.2) is 8.42 Å². The van der Waals surface area contributed by atoms with E-state index in [1.807, 2.05) is 36.4 Å². The van der Waals surface area contributed by atoms with E-state index in [1.54, 1.807) is 53.4 Å². The molecule has 0 radical (unpaired) electrons. The summed E-state index contributed by atoms with van der Waals surface area (Å²) in [7, 11) is -3.70. The van der Waals surface area contributed by atoms with Crippen LogP contribution >= 0.6 is 0 Å². The fourth-order valence-electron chi connectivity index (χ4n) is 4.80. The van der Waals surface area contributed by atoms with Gasteiger partial charge in [0.2, 0.25) is 15.9 Å². The molecule has 2 aliphatic heterocycles. The number of rotatable bonds is 6. The minimum absolute atomic E-state index is 0.0540. The van der Waals surface area contributed by atoms with Gasteiger partial charge in [0.1, 0.15) is 5.75 Å². The Labute approximate surface area is 216 Å². The number of nitrogens with one attached hydrogen (secondary N) is 1. The summed E-state index contributed by atoms with van der Waals surface area (Å²) >= 11 is 0. The molecule has 0 unspecified atom stereocenters. The average Bonchev–Trinajstić information content (AvgIpc) is 2.96. The molecule has 2 heterocycles. The SMILES string of the molecule is O=C(NCc1ccccc1)[C@@H]1CN(C(=O)[C@@H]2CCCN(S(=O)(=O)c3ccccc3)C2)c2ccccc2O1. The quantitative estimate of drug-likeness (QED) is 0.540. The minimum atomic E-state index is -3.70. The third-order valence-electron chi connectivity index (χ3n) is 6.76. The van der Waals surface area contributed by atoms with E-state index in [1.165, 1.54) is 4.31 Å². The van der Waals surface area contributed by atoms with Gasteiger partial charge in [-0.15, -0.1) is 0 Å². The van der Waals surface area contributed by atoms with Crippen LogP contribution in [0.4, 0.5) is 5.69 Å². The maximum absolute atomic E-state index is 13.8. The summed E-state index contributed by atoms with van der Waals surface area (Å²) in [6.07, 6.45) is 0.273. The van der Waals surface area contributed by atoms with Gasteiger partial charge < -0.3 is 15.0 Å². The first kappa shape index (κ1) is 25.0. The van der Waals surface area contributed by atoms with Crippen LogP contribution in [0.1, 0.15) is 18.4 Å². The first-order valence-corrected chi connectivity index (χ1v) is 13.8. The molecule has 0 aromatic heterocycles. The zero-order valence-corrected chi connectivity index (χ0v) is 21.1. The maximum Gasteiger partial charge on any atom is 0.263 e. The van der Waals surface area contributed by atoms with Crippen molar-refractivity contribution in [2.24, 2.45) is 5.92 Å². The number of sulfonamides is 1. The lowest BCUT2D eigenvalue weighted by molar-refractivity contribution is -0.129. The van der Waals surface area contributed by atoms with Crippen molar-refractivity contribution in [1.29, 1.82) is 0 Å². The molecule has 1 N–H and O–H groups in total. The molecular weight excluding hydrogens is 490 g/mol. The number of hydrogen-bond donors (Lipinski definition) is 1. The predicted molar refractivity (Wildman–Crippen MR) is 139 cm³/mol. The third-order valence-corrected chi connectivity index (χ3v) is 8.64. The molecule has 1 fully saturated rings. The van der Waals surface area contributed by atoms with Gasteiger partial charge in [0.25, 0.3) is 5.91 Å². The lowest BCUT2D eigenvalue weighted by Crippen LogP contribution is -2.53. The largest absolute Gasteiger partial charge is 0.477 e. The zero-order valence-electron chi connectivity index (χ0n) is 20.3. The highest BCUT2D eigenvalue weighted by Gasteiger charge is 2.39. The molecule has 2 atom stereocenters. The fourth-order valence-corrected chi connectivity index (χ4v) is 6.35. The van der Waals surface area contributed by atoms with E-state index in [9.17, 15) is 18.0 Å². The van der Waals surface area contributed by atoms with Gasteiger partial charge in [-0.1, -0.05) is 60.7 Å². The van der Waals surface area contributed by atoms with Crippen LogP contribution in [0, 0.1) is 5.92 Å². The summed E-state index contributed by atoms with van der Waals surface area (Å²) in [6.45, 7) is 0.869. The number of ether oxygens (including phenoxy) is 1. The lowest BCUT2D eigenvalue weighted by atomic mass is 9.97. The van der Waals surface area contributed by atoms with Crippen LogP contribution in [-0.4, -0.2) is 50.3 Å². The van der Waals surface area contributed by atoms with Crippen LogP contribution in [0.2, 0.25) is 0 Å². The van der Waals surface area contributed by atoms with Gasteiger partial charge in [0, 0.05) is 19.6 Å². The van der Waals surface area contributed by atoms with E-state index in [4.69, 9.17) is 4.74 Å². The van der Waals surface area contributed by atoms with E-state index >= 15 is 0 Å². The Morgan fingerprint density at radius 1 is 0.892 bits per heavy atom. The number of nitrogens with zero attached hydrogens (tertiary/aromatic N) is 2. The van der Waals surface area contributed by atoms with Gasteiger partial charge in [-0.3, -0.25) is 9.59 Å². The highest BCUT2D eigenvalue weighted by atomic mass is 32.2. The number of benzene rings is 3. The molecule has 0 aliphatic carbocycles. The van der Waals surface area contributed by atoms with Crippen molar-refractivity contribution in [3.05, 3.63) is 90.5 Å². The number of piperidine rings is 1. The molecule has 0 bridgehead atoms. The van der Waals surface area contributed by atoms with Crippen molar-refractivity contribution in [1.82, 2.24) is 9.62 Å². The van der Waals surface area contributed by atoms with Crippen LogP contribution in [-0.2, 0) is 26.2 Å². The van der Waals surface area contributed by atoms with E-state index in [-0.39, 0.29) is 29.8 Å².